The molecule has 12 heteroatoms. The van der Waals surface area contributed by atoms with E-state index in [-0.39, 0.29) is 25.1 Å². The number of methoxy groups -OCH3 is 2. The van der Waals surface area contributed by atoms with Gasteiger partial charge in [0.2, 0.25) is 5.91 Å². The molecule has 42 heavy (non-hydrogen) atoms. The molecule has 0 saturated heterocycles. The van der Waals surface area contributed by atoms with Crippen LogP contribution in [0.25, 0.3) is 0 Å². The van der Waals surface area contributed by atoms with Crippen molar-refractivity contribution in [3.05, 3.63) is 112 Å². The van der Waals surface area contributed by atoms with Gasteiger partial charge in [-0.15, -0.1) is 0 Å². The molecular formula is C30H31N3O9. The summed E-state index contributed by atoms with van der Waals surface area (Å²) in [5.41, 5.74) is 1.61. The minimum atomic E-state index is -1.41. The molecule has 2 amide bonds. The Morgan fingerprint density at radius 1 is 0.810 bits per heavy atom. The predicted octanol–water partition coefficient (Wildman–Crippen LogP) is 3.44. The molecule has 0 aliphatic rings. The van der Waals surface area contributed by atoms with Gasteiger partial charge in [0.05, 0.1) is 25.6 Å². The fourth-order valence-electron chi connectivity index (χ4n) is 4.20. The molecule has 3 aromatic carbocycles. The number of nitrogens with one attached hydrogen (secondary N) is 2. The maximum absolute atomic E-state index is 13.6. The number of nitrogens with zero attached hydrogens (tertiary/aromatic N) is 1. The number of ether oxygens (including phenoxy) is 3. The van der Waals surface area contributed by atoms with Gasteiger partial charge in [-0.3, -0.25) is 19.7 Å². The van der Waals surface area contributed by atoms with Crippen molar-refractivity contribution in [2.75, 3.05) is 14.2 Å². The second-order valence-electron chi connectivity index (χ2n) is 9.19. The summed E-state index contributed by atoms with van der Waals surface area (Å²) >= 11 is 0. The van der Waals surface area contributed by atoms with Gasteiger partial charge >= 0.3 is 18.0 Å². The largest absolute Gasteiger partial charge is 0.469 e. The van der Waals surface area contributed by atoms with Crippen molar-refractivity contribution in [3.63, 3.8) is 0 Å². The number of hydrogen-bond donors (Lipinski definition) is 2. The summed E-state index contributed by atoms with van der Waals surface area (Å²) in [7, 11) is 2.29. The topological polar surface area (TPSA) is 163 Å². The van der Waals surface area contributed by atoms with Crippen molar-refractivity contribution in [2.24, 2.45) is 0 Å². The summed E-state index contributed by atoms with van der Waals surface area (Å²) in [4.78, 5) is 62.2. The van der Waals surface area contributed by atoms with Crippen LogP contribution in [0, 0.1) is 10.1 Å². The highest BCUT2D eigenvalue weighted by molar-refractivity contribution is 5.90. The molecule has 0 radical (unpaired) electrons. The monoisotopic (exact) mass is 577 g/mol. The number of non-ortho nitro benzene ring substituents is 1. The van der Waals surface area contributed by atoms with Crippen molar-refractivity contribution >= 4 is 29.6 Å². The van der Waals surface area contributed by atoms with E-state index in [0.717, 1.165) is 18.2 Å². The zero-order valence-electron chi connectivity index (χ0n) is 23.1. The van der Waals surface area contributed by atoms with E-state index in [4.69, 9.17) is 14.2 Å². The van der Waals surface area contributed by atoms with Gasteiger partial charge in [0.15, 0.2) is 0 Å². The zero-order chi connectivity index (χ0) is 30.5. The Bertz CT molecular complexity index is 1370. The summed E-state index contributed by atoms with van der Waals surface area (Å²) in [5, 5.41) is 16.3. The van der Waals surface area contributed by atoms with Crippen LogP contribution >= 0.6 is 0 Å². The molecule has 0 heterocycles. The Kier molecular flexibility index (Phi) is 11.5. The first-order chi connectivity index (χ1) is 20.2. The molecule has 3 aromatic rings. The lowest BCUT2D eigenvalue weighted by Gasteiger charge is -2.28. The van der Waals surface area contributed by atoms with Crippen molar-refractivity contribution < 1.29 is 38.3 Å². The molecule has 0 aliphatic heterocycles. The fraction of sp³-hybridized carbons (Fsp3) is 0.267. The Morgan fingerprint density at radius 2 is 1.40 bits per heavy atom. The number of hydrogen-bond acceptors (Lipinski definition) is 9. The smallest absolute Gasteiger partial charge is 0.408 e. The molecule has 3 atom stereocenters. The lowest BCUT2D eigenvalue weighted by Crippen LogP contribution is -2.54. The molecule has 0 fully saturated rings. The second kappa shape index (κ2) is 15.5. The van der Waals surface area contributed by atoms with Crippen LogP contribution < -0.4 is 10.6 Å². The van der Waals surface area contributed by atoms with Crippen LogP contribution in [0.2, 0.25) is 0 Å². The maximum Gasteiger partial charge on any atom is 0.408 e. The zero-order valence-corrected chi connectivity index (χ0v) is 23.1. The summed E-state index contributed by atoms with van der Waals surface area (Å²) in [5.74, 6) is -3.33. The summed E-state index contributed by atoms with van der Waals surface area (Å²) in [6, 6.07) is 20.5. The molecule has 12 nitrogen and oxygen atoms in total. The summed E-state index contributed by atoms with van der Waals surface area (Å²) < 4.78 is 15.0. The first kappa shape index (κ1) is 31.3. The standard InChI is InChI=1S/C30H31N3O9/c1-40-26(34)18-24(22-13-15-23(16-14-22)33(38)39)27(29(36)41-2)32-28(35)25(17-20-9-5-3-6-10-20)31-30(37)42-19-21-11-7-4-8-12-21/h3-16,24-25,27H,17-19H2,1-2H3,(H,31,37)(H,32,35)/t24-,25+,27-/m1/s1. The predicted molar refractivity (Wildman–Crippen MR) is 150 cm³/mol. The van der Waals surface area contributed by atoms with Crippen molar-refractivity contribution in [1.82, 2.24) is 10.6 Å². The molecular weight excluding hydrogens is 546 g/mol. The number of benzene rings is 3. The molecule has 220 valence electrons. The number of carbonyl (C=O) groups excluding carboxylic acids is 4. The third kappa shape index (κ3) is 9.15. The number of nitro benzene ring substituents is 1. The van der Waals surface area contributed by atoms with Gasteiger partial charge in [-0.05, 0) is 16.7 Å². The van der Waals surface area contributed by atoms with Gasteiger partial charge in [-0.1, -0.05) is 72.8 Å². The number of carbonyl (C=O) groups is 4. The molecule has 0 unspecified atom stereocenters. The van der Waals surface area contributed by atoms with Crippen LogP contribution in [0.5, 0.6) is 0 Å². The van der Waals surface area contributed by atoms with Crippen LogP contribution in [0.15, 0.2) is 84.9 Å². The highest BCUT2D eigenvalue weighted by atomic mass is 16.6. The van der Waals surface area contributed by atoms with Gasteiger partial charge in [0.1, 0.15) is 18.7 Å². The molecule has 0 bridgehead atoms. The van der Waals surface area contributed by atoms with Crippen LogP contribution in [-0.4, -0.2) is 55.2 Å². The average molecular weight is 578 g/mol. The lowest BCUT2D eigenvalue weighted by atomic mass is 9.87. The minimum absolute atomic E-state index is 0.0293. The van der Waals surface area contributed by atoms with E-state index >= 15 is 0 Å². The summed E-state index contributed by atoms with van der Waals surface area (Å²) in [6.07, 6.45) is -1.16. The first-order valence-electron chi connectivity index (χ1n) is 12.9. The van der Waals surface area contributed by atoms with Gasteiger partial charge in [0.25, 0.3) is 5.69 Å². The molecule has 2 N–H and O–H groups in total. The van der Waals surface area contributed by atoms with E-state index in [9.17, 15) is 29.3 Å². The fourth-order valence-corrected chi connectivity index (χ4v) is 4.20. The molecule has 0 aromatic heterocycles. The van der Waals surface area contributed by atoms with Gasteiger partial charge in [-0.2, -0.15) is 0 Å². The Hall–Kier alpha value is -5.26. The van der Waals surface area contributed by atoms with Crippen molar-refractivity contribution in [3.8, 4) is 0 Å². The number of esters is 2. The van der Waals surface area contributed by atoms with E-state index in [1.165, 1.54) is 31.4 Å². The van der Waals surface area contributed by atoms with Crippen LogP contribution in [0.4, 0.5) is 10.5 Å². The number of amides is 2. The Morgan fingerprint density at radius 3 is 1.95 bits per heavy atom. The van der Waals surface area contributed by atoms with Gasteiger partial charge in [0, 0.05) is 24.5 Å². The maximum atomic E-state index is 13.6. The normalized spacial score (nSPS) is 12.6. The van der Waals surface area contributed by atoms with E-state index in [0.29, 0.717) is 5.56 Å². The van der Waals surface area contributed by atoms with Crippen molar-refractivity contribution in [1.29, 1.82) is 0 Å². The third-order valence-corrected chi connectivity index (χ3v) is 6.41. The molecule has 0 spiro atoms. The highest BCUT2D eigenvalue weighted by Crippen LogP contribution is 2.27. The van der Waals surface area contributed by atoms with Gasteiger partial charge in [-0.25, -0.2) is 9.59 Å². The minimum Gasteiger partial charge on any atom is -0.469 e. The molecule has 3 rings (SSSR count). The quantitative estimate of drug-likeness (QED) is 0.134. The van der Waals surface area contributed by atoms with E-state index in [1.54, 1.807) is 54.6 Å². The molecule has 0 saturated carbocycles. The van der Waals surface area contributed by atoms with E-state index in [2.05, 4.69) is 10.6 Å². The SMILES string of the molecule is COC(=O)C[C@H](c1ccc([N+](=O)[O-])cc1)[C@@H](NC(=O)[C@H](Cc1ccccc1)NC(=O)OCc1ccccc1)C(=O)OC. The Balaban J connectivity index is 1.88. The van der Waals surface area contributed by atoms with Crippen LogP contribution in [0.1, 0.15) is 29.0 Å². The number of nitro groups is 1. The third-order valence-electron chi connectivity index (χ3n) is 6.41. The van der Waals surface area contributed by atoms with Crippen LogP contribution in [0.3, 0.4) is 0 Å². The van der Waals surface area contributed by atoms with E-state index < -0.39 is 46.9 Å². The number of rotatable bonds is 13. The molecule has 0 aliphatic carbocycles. The van der Waals surface area contributed by atoms with Crippen LogP contribution in [-0.2, 0) is 41.6 Å². The average Bonchev–Trinajstić information content (AvgIpc) is 3.01. The Labute approximate surface area is 242 Å². The van der Waals surface area contributed by atoms with Gasteiger partial charge < -0.3 is 24.8 Å². The lowest BCUT2D eigenvalue weighted by molar-refractivity contribution is -0.384. The van der Waals surface area contributed by atoms with E-state index in [1.807, 2.05) is 6.07 Å². The van der Waals surface area contributed by atoms with Crippen molar-refractivity contribution in [2.45, 2.75) is 37.5 Å². The summed E-state index contributed by atoms with van der Waals surface area (Å²) in [6.45, 7) is -0.0293. The number of alkyl carbamates (subject to hydrolysis) is 1. The highest BCUT2D eigenvalue weighted by Gasteiger charge is 2.36. The first-order valence-corrected chi connectivity index (χ1v) is 12.9. The second-order valence-corrected chi connectivity index (χ2v) is 9.19.